The molecule has 8 heteroatoms. The maximum absolute atomic E-state index is 11.2. The van der Waals surface area contributed by atoms with Crippen LogP contribution in [0.3, 0.4) is 0 Å². The number of ether oxygens (including phenoxy) is 1. The van der Waals surface area contributed by atoms with Gasteiger partial charge in [-0.1, -0.05) is 0 Å². The van der Waals surface area contributed by atoms with E-state index in [1.165, 1.54) is 7.11 Å². The maximum atomic E-state index is 11.2. The Morgan fingerprint density at radius 2 is 2.00 bits per heavy atom. The Hall–Kier alpha value is -1.15. The smallest absolute Gasteiger partial charge is 0.306 e. The first-order valence-electron chi connectivity index (χ1n) is 4.93. The second kappa shape index (κ2) is 7.23. The predicted octanol–water partition coefficient (Wildman–Crippen LogP) is -0.973. The molecule has 0 aliphatic heterocycles. The molecule has 2 N–H and O–H groups in total. The number of carbonyl (C=O) groups excluding carboxylic acids is 1. The number of carboxylic acids is 1. The number of methoxy groups -OCH3 is 1. The van der Waals surface area contributed by atoms with Crippen LogP contribution in [0.2, 0.25) is 0 Å². The molecule has 0 radical (unpaired) electrons. The summed E-state index contributed by atoms with van der Waals surface area (Å²) in [5, 5.41) is 10.9. The van der Waals surface area contributed by atoms with Crippen molar-refractivity contribution in [3.8, 4) is 0 Å². The molecule has 0 saturated carbocycles. The summed E-state index contributed by atoms with van der Waals surface area (Å²) in [6, 6.07) is 0. The Labute approximate surface area is 100 Å². The first-order valence-corrected chi connectivity index (χ1v) is 6.99. The lowest BCUT2D eigenvalue weighted by Gasteiger charge is -2.13. The molecule has 0 heterocycles. The zero-order chi connectivity index (χ0) is 13.5. The van der Waals surface area contributed by atoms with E-state index in [1.54, 1.807) is 0 Å². The predicted molar refractivity (Wildman–Crippen MR) is 60.4 cm³/mol. The van der Waals surface area contributed by atoms with Crippen LogP contribution in [0.1, 0.15) is 12.8 Å². The fraction of sp³-hybridized carbons (Fsp3) is 0.778. The van der Waals surface area contributed by atoms with Crippen molar-refractivity contribution in [1.82, 2.24) is 5.32 Å². The number of rotatable bonds is 8. The van der Waals surface area contributed by atoms with Gasteiger partial charge < -0.3 is 15.2 Å². The van der Waals surface area contributed by atoms with Crippen LogP contribution in [0.15, 0.2) is 0 Å². The third kappa shape index (κ3) is 9.76. The normalized spacial score (nSPS) is 13.1. The molecule has 0 aliphatic carbocycles. The summed E-state index contributed by atoms with van der Waals surface area (Å²) in [6.07, 6.45) is 0.0723. The molecular formula is C9H17NO6S. The Kier molecular flexibility index (Phi) is 6.74. The lowest BCUT2D eigenvalue weighted by Crippen LogP contribution is -2.35. The number of carbonyl (C=O) groups is 2. The largest absolute Gasteiger partial charge is 0.481 e. The van der Waals surface area contributed by atoms with Crippen molar-refractivity contribution >= 4 is 21.7 Å². The van der Waals surface area contributed by atoms with Crippen LogP contribution < -0.4 is 5.32 Å². The standard InChI is InChI=1S/C9H17NO6S/c1-16-7(5-9(12)13)6-10-8(11)3-4-17(2,14)15/h7H,3-6H2,1-2H3,(H,10,11)(H,12,13). The molecular weight excluding hydrogens is 250 g/mol. The molecule has 0 spiro atoms. The molecule has 0 rings (SSSR count). The second-order valence-electron chi connectivity index (χ2n) is 3.64. The van der Waals surface area contributed by atoms with Gasteiger partial charge in [-0.25, -0.2) is 8.42 Å². The number of carboxylic acid groups (broad SMARTS) is 1. The SMILES string of the molecule is COC(CNC(=O)CCS(C)(=O)=O)CC(=O)O. The molecule has 100 valence electrons. The van der Waals surface area contributed by atoms with E-state index in [-0.39, 0.29) is 25.1 Å². The van der Waals surface area contributed by atoms with Crippen molar-refractivity contribution in [2.45, 2.75) is 18.9 Å². The van der Waals surface area contributed by atoms with Crippen LogP contribution in [0.5, 0.6) is 0 Å². The fourth-order valence-corrected chi connectivity index (χ4v) is 1.58. The number of nitrogens with one attached hydrogen (secondary N) is 1. The van der Waals surface area contributed by atoms with Gasteiger partial charge in [0.25, 0.3) is 0 Å². The van der Waals surface area contributed by atoms with Gasteiger partial charge in [0.05, 0.1) is 18.3 Å². The number of hydrogen-bond donors (Lipinski definition) is 2. The van der Waals surface area contributed by atoms with Crippen molar-refractivity contribution in [3.63, 3.8) is 0 Å². The number of amides is 1. The second-order valence-corrected chi connectivity index (χ2v) is 5.90. The Bertz CT molecular complexity index is 364. The summed E-state index contributed by atoms with van der Waals surface area (Å²) in [6.45, 7) is 0.0470. The van der Waals surface area contributed by atoms with Crippen LogP contribution in [0.4, 0.5) is 0 Å². The van der Waals surface area contributed by atoms with Crippen LogP contribution >= 0.6 is 0 Å². The zero-order valence-corrected chi connectivity index (χ0v) is 10.6. The number of hydrogen-bond acceptors (Lipinski definition) is 5. The molecule has 7 nitrogen and oxygen atoms in total. The molecule has 17 heavy (non-hydrogen) atoms. The molecule has 0 aromatic heterocycles. The summed E-state index contributed by atoms with van der Waals surface area (Å²) in [5.41, 5.74) is 0. The topological polar surface area (TPSA) is 110 Å². The minimum atomic E-state index is -3.17. The van der Waals surface area contributed by atoms with E-state index in [2.05, 4.69) is 5.32 Å². The van der Waals surface area contributed by atoms with Crippen molar-refractivity contribution < 1.29 is 27.9 Å². The van der Waals surface area contributed by atoms with Gasteiger partial charge in [-0.05, 0) is 0 Å². The van der Waals surface area contributed by atoms with Gasteiger partial charge in [0.15, 0.2) is 0 Å². The first kappa shape index (κ1) is 15.9. The highest BCUT2D eigenvalue weighted by molar-refractivity contribution is 7.90. The molecule has 0 aliphatic rings. The van der Waals surface area contributed by atoms with E-state index in [0.717, 1.165) is 6.26 Å². The Morgan fingerprint density at radius 3 is 2.41 bits per heavy atom. The number of sulfone groups is 1. The van der Waals surface area contributed by atoms with E-state index in [1.807, 2.05) is 0 Å². The van der Waals surface area contributed by atoms with E-state index in [4.69, 9.17) is 9.84 Å². The molecule has 1 atom stereocenters. The summed E-state index contributed by atoms with van der Waals surface area (Å²) >= 11 is 0. The van der Waals surface area contributed by atoms with Crippen molar-refractivity contribution in [1.29, 1.82) is 0 Å². The zero-order valence-electron chi connectivity index (χ0n) is 9.80. The average Bonchev–Trinajstić information content (AvgIpc) is 2.19. The van der Waals surface area contributed by atoms with Crippen LogP contribution in [-0.2, 0) is 24.2 Å². The van der Waals surface area contributed by atoms with E-state index < -0.39 is 27.8 Å². The van der Waals surface area contributed by atoms with E-state index in [0.29, 0.717) is 0 Å². The van der Waals surface area contributed by atoms with Crippen molar-refractivity contribution in [3.05, 3.63) is 0 Å². The van der Waals surface area contributed by atoms with Crippen molar-refractivity contribution in [2.24, 2.45) is 0 Å². The van der Waals surface area contributed by atoms with E-state index >= 15 is 0 Å². The highest BCUT2D eigenvalue weighted by Crippen LogP contribution is 1.96. The van der Waals surface area contributed by atoms with Crippen LogP contribution in [-0.4, -0.2) is 57.2 Å². The summed E-state index contributed by atoms with van der Waals surface area (Å²) < 4.78 is 26.4. The quantitative estimate of drug-likeness (QED) is 0.585. The lowest BCUT2D eigenvalue weighted by atomic mass is 10.2. The van der Waals surface area contributed by atoms with Gasteiger partial charge >= 0.3 is 5.97 Å². The monoisotopic (exact) mass is 267 g/mol. The van der Waals surface area contributed by atoms with Crippen molar-refractivity contribution in [2.75, 3.05) is 25.7 Å². The summed E-state index contributed by atoms with van der Waals surface area (Å²) in [4.78, 5) is 21.6. The summed E-state index contributed by atoms with van der Waals surface area (Å²) in [7, 11) is -1.82. The molecule has 0 aromatic carbocycles. The highest BCUT2D eigenvalue weighted by Gasteiger charge is 2.14. The van der Waals surface area contributed by atoms with Gasteiger partial charge in [-0.15, -0.1) is 0 Å². The number of aliphatic carboxylic acids is 1. The Morgan fingerprint density at radius 1 is 1.41 bits per heavy atom. The van der Waals surface area contributed by atoms with Gasteiger partial charge in [-0.3, -0.25) is 9.59 Å². The van der Waals surface area contributed by atoms with E-state index in [9.17, 15) is 18.0 Å². The average molecular weight is 267 g/mol. The molecule has 0 saturated heterocycles. The summed E-state index contributed by atoms with van der Waals surface area (Å²) in [5.74, 6) is -1.69. The molecule has 0 fully saturated rings. The maximum Gasteiger partial charge on any atom is 0.306 e. The third-order valence-electron chi connectivity index (χ3n) is 1.96. The van der Waals surface area contributed by atoms with Crippen LogP contribution in [0, 0.1) is 0 Å². The van der Waals surface area contributed by atoms with Crippen LogP contribution in [0.25, 0.3) is 0 Å². The molecule has 0 bridgehead atoms. The van der Waals surface area contributed by atoms with Gasteiger partial charge in [-0.2, -0.15) is 0 Å². The van der Waals surface area contributed by atoms with Gasteiger partial charge in [0.2, 0.25) is 5.91 Å². The minimum absolute atomic E-state index is 0.0470. The molecule has 1 amide bonds. The first-order chi connectivity index (χ1) is 7.74. The van der Waals surface area contributed by atoms with Gasteiger partial charge in [0, 0.05) is 26.3 Å². The third-order valence-corrected chi connectivity index (χ3v) is 2.91. The minimum Gasteiger partial charge on any atom is -0.481 e. The Balaban J connectivity index is 3.93. The lowest BCUT2D eigenvalue weighted by molar-refractivity contribution is -0.140. The highest BCUT2D eigenvalue weighted by atomic mass is 32.2. The van der Waals surface area contributed by atoms with Gasteiger partial charge in [0.1, 0.15) is 9.84 Å². The molecule has 0 aromatic rings. The fourth-order valence-electron chi connectivity index (χ4n) is 1.03. The molecule has 1 unspecified atom stereocenters.